The van der Waals surface area contributed by atoms with Crippen LogP contribution in [0.1, 0.15) is 22.7 Å². The van der Waals surface area contributed by atoms with E-state index in [1.54, 1.807) is 6.07 Å². The first kappa shape index (κ1) is 15.4. The van der Waals surface area contributed by atoms with E-state index in [1.807, 2.05) is 0 Å². The molecule has 1 nitrogen and oxygen atoms in total. The van der Waals surface area contributed by atoms with Gasteiger partial charge in [0.2, 0.25) is 0 Å². The third-order valence-corrected chi connectivity index (χ3v) is 3.12. The molecule has 6 heteroatoms. The van der Waals surface area contributed by atoms with Crippen LogP contribution < -0.4 is 5.73 Å². The molecule has 0 spiro atoms. The van der Waals surface area contributed by atoms with Crippen molar-refractivity contribution in [2.75, 3.05) is 0 Å². The monoisotopic (exact) mass is 301 g/mol. The van der Waals surface area contributed by atoms with Gasteiger partial charge >= 0.3 is 6.18 Å². The molecule has 0 amide bonds. The van der Waals surface area contributed by atoms with Gasteiger partial charge in [-0.25, -0.2) is 0 Å². The van der Waals surface area contributed by atoms with Gasteiger partial charge in [0, 0.05) is 5.56 Å². The van der Waals surface area contributed by atoms with Gasteiger partial charge in [0.25, 0.3) is 5.92 Å². The van der Waals surface area contributed by atoms with Crippen LogP contribution in [0, 0.1) is 0 Å². The SMILES string of the molecule is NC(c1ccccc1)C(F)(F)c1cccc(C(F)(F)F)c1. The summed E-state index contributed by atoms with van der Waals surface area (Å²) < 4.78 is 66.4. The van der Waals surface area contributed by atoms with Crippen LogP contribution in [0.15, 0.2) is 54.6 Å². The maximum Gasteiger partial charge on any atom is 0.416 e. The van der Waals surface area contributed by atoms with Gasteiger partial charge in [-0.1, -0.05) is 42.5 Å². The molecule has 2 N–H and O–H groups in total. The minimum absolute atomic E-state index is 0.153. The van der Waals surface area contributed by atoms with Crippen LogP contribution in [-0.2, 0) is 12.1 Å². The Morgan fingerprint density at radius 2 is 1.33 bits per heavy atom. The molecule has 112 valence electrons. The van der Waals surface area contributed by atoms with Crippen LogP contribution >= 0.6 is 0 Å². The van der Waals surface area contributed by atoms with Gasteiger partial charge < -0.3 is 5.73 Å². The van der Waals surface area contributed by atoms with Gasteiger partial charge in [0.1, 0.15) is 0 Å². The van der Waals surface area contributed by atoms with Crippen LogP contribution in [0.5, 0.6) is 0 Å². The Morgan fingerprint density at radius 1 is 0.762 bits per heavy atom. The second-order valence-corrected chi connectivity index (χ2v) is 4.59. The van der Waals surface area contributed by atoms with Crippen LogP contribution in [0.4, 0.5) is 22.0 Å². The third kappa shape index (κ3) is 3.21. The van der Waals surface area contributed by atoms with Gasteiger partial charge in [0.15, 0.2) is 0 Å². The summed E-state index contributed by atoms with van der Waals surface area (Å²) in [5.41, 5.74) is 3.80. The molecular formula is C15H12F5N. The number of hydrogen-bond donors (Lipinski definition) is 1. The largest absolute Gasteiger partial charge is 0.416 e. The highest BCUT2D eigenvalue weighted by Crippen LogP contribution is 2.40. The fraction of sp³-hybridized carbons (Fsp3) is 0.200. The molecule has 21 heavy (non-hydrogen) atoms. The molecule has 0 radical (unpaired) electrons. The molecule has 1 atom stereocenters. The van der Waals surface area contributed by atoms with Crippen LogP contribution in [0.25, 0.3) is 0 Å². The van der Waals surface area contributed by atoms with E-state index in [9.17, 15) is 22.0 Å². The van der Waals surface area contributed by atoms with Crippen molar-refractivity contribution < 1.29 is 22.0 Å². The van der Waals surface area contributed by atoms with Gasteiger partial charge in [-0.2, -0.15) is 22.0 Å². The predicted molar refractivity (Wildman–Crippen MR) is 68.7 cm³/mol. The van der Waals surface area contributed by atoms with Gasteiger partial charge in [-0.05, 0) is 17.7 Å². The highest BCUT2D eigenvalue weighted by Gasteiger charge is 2.41. The van der Waals surface area contributed by atoms with Crippen LogP contribution in [-0.4, -0.2) is 0 Å². The first-order valence-electron chi connectivity index (χ1n) is 6.09. The molecule has 0 aliphatic carbocycles. The smallest absolute Gasteiger partial charge is 0.319 e. The quantitative estimate of drug-likeness (QED) is 0.830. The van der Waals surface area contributed by atoms with Crippen molar-refractivity contribution in [2.45, 2.75) is 18.1 Å². The Morgan fingerprint density at radius 3 is 1.90 bits per heavy atom. The lowest BCUT2D eigenvalue weighted by Gasteiger charge is -2.25. The maximum atomic E-state index is 14.3. The Hall–Kier alpha value is -1.95. The lowest BCUT2D eigenvalue weighted by Crippen LogP contribution is -2.31. The van der Waals surface area contributed by atoms with E-state index in [1.165, 1.54) is 24.3 Å². The molecule has 0 heterocycles. The van der Waals surface area contributed by atoms with Gasteiger partial charge in [0.05, 0.1) is 11.6 Å². The topological polar surface area (TPSA) is 26.0 Å². The van der Waals surface area contributed by atoms with Crippen molar-refractivity contribution in [3.63, 3.8) is 0 Å². The number of benzene rings is 2. The van der Waals surface area contributed by atoms with Crippen molar-refractivity contribution in [3.05, 3.63) is 71.3 Å². The molecule has 0 bridgehead atoms. The first-order valence-corrected chi connectivity index (χ1v) is 6.09. The summed E-state index contributed by atoms with van der Waals surface area (Å²) in [4.78, 5) is 0. The zero-order valence-corrected chi connectivity index (χ0v) is 10.7. The lowest BCUT2D eigenvalue weighted by atomic mass is 9.94. The van der Waals surface area contributed by atoms with Crippen molar-refractivity contribution >= 4 is 0 Å². The van der Waals surface area contributed by atoms with Gasteiger partial charge in [-0.3, -0.25) is 0 Å². The molecule has 0 saturated heterocycles. The van der Waals surface area contributed by atoms with E-state index in [-0.39, 0.29) is 5.56 Å². The maximum absolute atomic E-state index is 14.3. The average molecular weight is 301 g/mol. The summed E-state index contributed by atoms with van der Waals surface area (Å²) in [6, 6.07) is 8.88. The first-order chi connectivity index (χ1) is 9.73. The molecule has 2 rings (SSSR count). The second kappa shape index (κ2) is 5.44. The zero-order chi connectivity index (χ0) is 15.7. The standard InChI is InChI=1S/C15H12F5N/c16-14(17,13(21)10-5-2-1-3-6-10)11-7-4-8-12(9-11)15(18,19)20/h1-9,13H,21H2. The number of hydrogen-bond acceptors (Lipinski definition) is 1. The molecule has 0 fully saturated rings. The fourth-order valence-corrected chi connectivity index (χ4v) is 1.95. The number of halogens is 5. The lowest BCUT2D eigenvalue weighted by molar-refractivity contribution is -0.137. The van der Waals surface area contributed by atoms with Crippen molar-refractivity contribution in [1.82, 2.24) is 0 Å². The molecular weight excluding hydrogens is 289 g/mol. The molecule has 0 saturated carbocycles. The minimum atomic E-state index is -4.68. The fourth-order valence-electron chi connectivity index (χ4n) is 1.95. The number of nitrogens with two attached hydrogens (primary N) is 1. The molecule has 0 aliphatic heterocycles. The molecule has 2 aromatic rings. The predicted octanol–water partition coefficient (Wildman–Crippen LogP) is 4.50. The Kier molecular flexibility index (Phi) is 4.00. The summed E-state index contributed by atoms with van der Waals surface area (Å²) in [6.45, 7) is 0. The van der Waals surface area contributed by atoms with Crippen LogP contribution in [0.2, 0.25) is 0 Å². The van der Waals surface area contributed by atoms with E-state index in [0.717, 1.165) is 18.2 Å². The highest BCUT2D eigenvalue weighted by molar-refractivity contribution is 5.32. The Bertz CT molecular complexity index is 607. The van der Waals surface area contributed by atoms with Crippen molar-refractivity contribution in [3.8, 4) is 0 Å². The summed E-state index contributed by atoms with van der Waals surface area (Å²) in [7, 11) is 0. The number of alkyl halides is 5. The molecule has 1 unspecified atom stereocenters. The van der Waals surface area contributed by atoms with Gasteiger partial charge in [-0.15, -0.1) is 0 Å². The Labute approximate surface area is 118 Å². The Balaban J connectivity index is 2.40. The van der Waals surface area contributed by atoms with E-state index in [0.29, 0.717) is 6.07 Å². The highest BCUT2D eigenvalue weighted by atomic mass is 19.4. The number of rotatable bonds is 3. The van der Waals surface area contributed by atoms with E-state index in [4.69, 9.17) is 5.73 Å². The second-order valence-electron chi connectivity index (χ2n) is 4.59. The molecule has 2 aromatic carbocycles. The molecule has 0 aliphatic rings. The van der Waals surface area contributed by atoms with E-state index < -0.39 is 29.3 Å². The molecule has 0 aromatic heterocycles. The van der Waals surface area contributed by atoms with E-state index in [2.05, 4.69) is 0 Å². The third-order valence-electron chi connectivity index (χ3n) is 3.12. The summed E-state index contributed by atoms with van der Waals surface area (Å²) in [6.07, 6.45) is -4.68. The van der Waals surface area contributed by atoms with E-state index >= 15 is 0 Å². The average Bonchev–Trinajstić information content (AvgIpc) is 2.46. The minimum Gasteiger partial charge on any atom is -0.319 e. The van der Waals surface area contributed by atoms with Crippen LogP contribution in [0.3, 0.4) is 0 Å². The van der Waals surface area contributed by atoms with Crippen molar-refractivity contribution in [2.24, 2.45) is 5.73 Å². The summed E-state index contributed by atoms with van der Waals surface area (Å²) >= 11 is 0. The van der Waals surface area contributed by atoms with Crippen molar-refractivity contribution in [1.29, 1.82) is 0 Å². The summed E-state index contributed by atoms with van der Waals surface area (Å²) in [5, 5.41) is 0. The normalized spacial score (nSPS) is 14.0. The zero-order valence-electron chi connectivity index (χ0n) is 10.7. The summed E-state index contributed by atoms with van der Waals surface area (Å²) in [5.74, 6) is -3.61.